The molecule has 2 N–H and O–H groups in total. The second kappa shape index (κ2) is 9.02. The van der Waals surface area contributed by atoms with E-state index in [1.807, 2.05) is 24.3 Å². The number of halogens is 1. The molecule has 3 aromatic rings. The van der Waals surface area contributed by atoms with E-state index >= 15 is 0 Å². The Kier molecular flexibility index (Phi) is 6.27. The van der Waals surface area contributed by atoms with Crippen molar-refractivity contribution in [3.63, 3.8) is 0 Å². The number of carbonyl (C=O) groups excluding carboxylic acids is 2. The van der Waals surface area contributed by atoms with Gasteiger partial charge in [-0.1, -0.05) is 23.7 Å². The number of anilines is 2. The first-order chi connectivity index (χ1) is 16.1. The monoisotopic (exact) mass is 482 g/mol. The largest absolute Gasteiger partial charge is 0.496 e. The lowest BCUT2D eigenvalue weighted by Gasteiger charge is -2.20. The van der Waals surface area contributed by atoms with Crippen LogP contribution in [0.2, 0.25) is 5.02 Å². The van der Waals surface area contributed by atoms with Crippen LogP contribution < -0.4 is 15.4 Å². The van der Waals surface area contributed by atoms with Crippen LogP contribution in [0.5, 0.6) is 5.75 Å². The van der Waals surface area contributed by atoms with Gasteiger partial charge in [-0.05, 0) is 57.9 Å². The van der Waals surface area contributed by atoms with E-state index in [9.17, 15) is 9.59 Å². The lowest BCUT2D eigenvalue weighted by atomic mass is 10.1. The number of rotatable bonds is 6. The second-order valence-corrected chi connectivity index (χ2v) is 9.62. The number of para-hydroxylation sites is 1. The van der Waals surface area contributed by atoms with Crippen molar-refractivity contribution in [2.24, 2.45) is 0 Å². The predicted octanol–water partition coefficient (Wildman–Crippen LogP) is 5.58. The highest BCUT2D eigenvalue weighted by Crippen LogP contribution is 2.42. The van der Waals surface area contributed by atoms with E-state index in [2.05, 4.69) is 15.7 Å². The Balaban J connectivity index is 1.49. The predicted molar refractivity (Wildman–Crippen MR) is 132 cm³/mol. The molecule has 0 unspecified atom stereocenters. The molecule has 178 valence electrons. The topological polar surface area (TPSA) is 94.5 Å². The number of benzene rings is 2. The molecule has 1 heterocycles. The highest BCUT2D eigenvalue weighted by Gasteiger charge is 2.50. The SMILES string of the molecule is COc1cc(NC(=O)C2(Nc3ccccc3Cl)CC2)ccc1-c1cnn(C(=O)OC(C)(C)C)c1. The second-order valence-electron chi connectivity index (χ2n) is 9.21. The molecule has 0 radical (unpaired) electrons. The number of methoxy groups -OCH3 is 1. The van der Waals surface area contributed by atoms with Gasteiger partial charge in [0.1, 0.15) is 16.9 Å². The molecule has 1 amide bonds. The molecule has 1 saturated carbocycles. The van der Waals surface area contributed by atoms with E-state index in [1.54, 1.807) is 58.5 Å². The molecule has 0 bridgehead atoms. The van der Waals surface area contributed by atoms with Crippen molar-refractivity contribution in [2.75, 3.05) is 17.7 Å². The lowest BCUT2D eigenvalue weighted by molar-refractivity contribution is -0.117. The maximum Gasteiger partial charge on any atom is 0.435 e. The third kappa shape index (κ3) is 5.17. The smallest absolute Gasteiger partial charge is 0.435 e. The molecule has 0 aliphatic heterocycles. The Hall–Kier alpha value is -3.52. The Bertz CT molecular complexity index is 1230. The molecule has 8 nitrogen and oxygen atoms in total. The van der Waals surface area contributed by atoms with Crippen molar-refractivity contribution >= 4 is 35.0 Å². The number of ether oxygens (including phenoxy) is 2. The first-order valence-corrected chi connectivity index (χ1v) is 11.3. The lowest BCUT2D eigenvalue weighted by Crippen LogP contribution is -2.37. The Labute approximate surface area is 203 Å². The van der Waals surface area contributed by atoms with E-state index in [1.165, 1.54) is 0 Å². The Morgan fingerprint density at radius 3 is 2.53 bits per heavy atom. The molecule has 4 rings (SSSR count). The fraction of sp³-hybridized carbons (Fsp3) is 0.320. The van der Waals surface area contributed by atoms with E-state index in [0.717, 1.165) is 15.9 Å². The minimum atomic E-state index is -0.689. The van der Waals surface area contributed by atoms with Gasteiger partial charge in [0.15, 0.2) is 0 Å². The van der Waals surface area contributed by atoms with Gasteiger partial charge >= 0.3 is 6.09 Å². The number of hydrogen-bond acceptors (Lipinski definition) is 6. The minimum Gasteiger partial charge on any atom is -0.496 e. The van der Waals surface area contributed by atoms with Gasteiger partial charge in [0, 0.05) is 29.1 Å². The number of aromatic nitrogens is 2. The molecule has 1 aliphatic rings. The molecular weight excluding hydrogens is 456 g/mol. The third-order valence-corrected chi connectivity index (χ3v) is 5.70. The fourth-order valence-electron chi connectivity index (χ4n) is 3.48. The van der Waals surface area contributed by atoms with Crippen LogP contribution in [-0.2, 0) is 9.53 Å². The van der Waals surface area contributed by atoms with Crippen molar-refractivity contribution < 1.29 is 19.1 Å². The summed E-state index contributed by atoms with van der Waals surface area (Å²) in [6.45, 7) is 5.38. The zero-order valence-electron chi connectivity index (χ0n) is 19.5. The molecule has 1 aromatic heterocycles. The number of nitrogens with zero attached hydrogens (tertiary/aromatic N) is 2. The van der Waals surface area contributed by atoms with Crippen LogP contribution in [0.4, 0.5) is 16.2 Å². The molecule has 2 aromatic carbocycles. The summed E-state index contributed by atoms with van der Waals surface area (Å²) in [5.74, 6) is 0.394. The summed E-state index contributed by atoms with van der Waals surface area (Å²) in [4.78, 5) is 25.3. The highest BCUT2D eigenvalue weighted by atomic mass is 35.5. The quantitative estimate of drug-likeness (QED) is 0.476. The maximum absolute atomic E-state index is 13.0. The van der Waals surface area contributed by atoms with Crippen LogP contribution in [0.1, 0.15) is 33.6 Å². The zero-order chi connectivity index (χ0) is 24.5. The summed E-state index contributed by atoms with van der Waals surface area (Å²) >= 11 is 6.24. The molecular formula is C25H27ClN4O4. The summed E-state index contributed by atoms with van der Waals surface area (Å²) in [7, 11) is 1.55. The van der Waals surface area contributed by atoms with Crippen LogP contribution in [0, 0.1) is 0 Å². The van der Waals surface area contributed by atoms with Crippen LogP contribution in [0.3, 0.4) is 0 Å². The van der Waals surface area contributed by atoms with Crippen LogP contribution in [0.25, 0.3) is 11.1 Å². The average Bonchev–Trinajstić information content (AvgIpc) is 3.39. The molecule has 9 heteroatoms. The van der Waals surface area contributed by atoms with Crippen molar-refractivity contribution in [1.82, 2.24) is 9.78 Å². The summed E-state index contributed by atoms with van der Waals surface area (Å²) in [6, 6.07) is 12.7. The third-order valence-electron chi connectivity index (χ3n) is 5.37. The summed E-state index contributed by atoms with van der Waals surface area (Å²) < 4.78 is 12.0. The van der Waals surface area contributed by atoms with Crippen molar-refractivity contribution in [1.29, 1.82) is 0 Å². The minimum absolute atomic E-state index is 0.139. The molecule has 1 aliphatic carbocycles. The van der Waals surface area contributed by atoms with Crippen molar-refractivity contribution in [3.8, 4) is 16.9 Å². The molecule has 0 spiro atoms. The van der Waals surface area contributed by atoms with Crippen LogP contribution in [0.15, 0.2) is 54.9 Å². The normalized spacial score (nSPS) is 14.3. The first kappa shape index (κ1) is 23.6. The van der Waals surface area contributed by atoms with Crippen LogP contribution in [-0.4, -0.2) is 40.0 Å². The van der Waals surface area contributed by atoms with E-state index in [-0.39, 0.29) is 5.91 Å². The first-order valence-electron chi connectivity index (χ1n) is 10.9. The van der Waals surface area contributed by atoms with E-state index in [4.69, 9.17) is 21.1 Å². The van der Waals surface area contributed by atoms with Gasteiger partial charge in [-0.3, -0.25) is 4.79 Å². The number of amides is 1. The van der Waals surface area contributed by atoms with Crippen molar-refractivity contribution in [3.05, 3.63) is 59.9 Å². The number of carbonyl (C=O) groups is 2. The van der Waals surface area contributed by atoms with Crippen LogP contribution >= 0.6 is 11.6 Å². The standard InChI is InChI=1S/C25H27ClN4O4/c1-24(2,3)34-23(32)30-15-16(14-27-30)18-10-9-17(13-21(18)33-4)28-22(31)25(11-12-25)29-20-8-6-5-7-19(20)26/h5-10,13-15,29H,11-12H2,1-4H3,(H,28,31). The number of hydrogen-bond donors (Lipinski definition) is 2. The molecule has 1 fully saturated rings. The molecule has 0 atom stereocenters. The number of nitrogens with one attached hydrogen (secondary N) is 2. The summed E-state index contributed by atoms with van der Waals surface area (Å²) in [5.41, 5.74) is 1.42. The van der Waals surface area contributed by atoms with Crippen molar-refractivity contribution in [2.45, 2.75) is 44.8 Å². The summed E-state index contributed by atoms with van der Waals surface area (Å²) in [6.07, 6.45) is 4.00. The van der Waals surface area contributed by atoms with Gasteiger partial charge in [0.2, 0.25) is 5.91 Å². The van der Waals surface area contributed by atoms with Gasteiger partial charge < -0.3 is 20.1 Å². The zero-order valence-corrected chi connectivity index (χ0v) is 20.3. The molecule has 34 heavy (non-hydrogen) atoms. The average molecular weight is 483 g/mol. The van der Waals surface area contributed by atoms with Gasteiger partial charge in [-0.25, -0.2) is 4.79 Å². The Morgan fingerprint density at radius 2 is 1.88 bits per heavy atom. The highest BCUT2D eigenvalue weighted by molar-refractivity contribution is 6.33. The maximum atomic E-state index is 13.0. The molecule has 0 saturated heterocycles. The van der Waals surface area contributed by atoms with Gasteiger partial charge in [-0.15, -0.1) is 0 Å². The van der Waals surface area contributed by atoms with E-state index in [0.29, 0.717) is 34.9 Å². The van der Waals surface area contributed by atoms with Gasteiger partial charge in [0.25, 0.3) is 0 Å². The van der Waals surface area contributed by atoms with Gasteiger partial charge in [0.05, 0.1) is 24.0 Å². The fourth-order valence-corrected chi connectivity index (χ4v) is 3.67. The van der Waals surface area contributed by atoms with E-state index < -0.39 is 17.2 Å². The summed E-state index contributed by atoms with van der Waals surface area (Å²) in [5, 5.41) is 10.9. The Morgan fingerprint density at radius 1 is 1.15 bits per heavy atom. The van der Waals surface area contributed by atoms with Gasteiger partial charge in [-0.2, -0.15) is 9.78 Å².